The molecule has 0 radical (unpaired) electrons. The molecule has 0 spiro atoms. The predicted octanol–water partition coefficient (Wildman–Crippen LogP) is 2.60. The smallest absolute Gasteiger partial charge is 0.182 e. The van der Waals surface area contributed by atoms with E-state index >= 15 is 0 Å². The summed E-state index contributed by atoms with van der Waals surface area (Å²) >= 11 is 1.76. The zero-order valence-corrected chi connectivity index (χ0v) is 12.9. The van der Waals surface area contributed by atoms with Crippen LogP contribution in [0.25, 0.3) is 11.2 Å². The molecule has 1 saturated heterocycles. The number of ether oxygens (including phenoxy) is 1. The van der Waals surface area contributed by atoms with Gasteiger partial charge >= 0.3 is 0 Å². The van der Waals surface area contributed by atoms with E-state index in [-0.39, 0.29) is 6.10 Å². The van der Waals surface area contributed by atoms with Gasteiger partial charge in [0.2, 0.25) is 0 Å². The van der Waals surface area contributed by atoms with Crippen molar-refractivity contribution in [3.8, 4) is 0 Å². The molecule has 0 aliphatic carbocycles. The highest BCUT2D eigenvalue weighted by Crippen LogP contribution is 2.25. The van der Waals surface area contributed by atoms with Crippen molar-refractivity contribution in [3.05, 3.63) is 35.0 Å². The molecule has 3 aromatic heterocycles. The number of nitrogens with zero attached hydrogens (tertiary/aromatic N) is 4. The molecule has 7 heteroatoms. The van der Waals surface area contributed by atoms with Crippen molar-refractivity contribution < 1.29 is 4.74 Å². The van der Waals surface area contributed by atoms with Gasteiger partial charge in [0, 0.05) is 18.0 Å². The molecule has 0 amide bonds. The van der Waals surface area contributed by atoms with Crippen LogP contribution < -0.4 is 4.90 Å². The van der Waals surface area contributed by atoms with Gasteiger partial charge in [0.25, 0.3) is 0 Å². The van der Waals surface area contributed by atoms with Gasteiger partial charge in [-0.15, -0.1) is 11.3 Å². The molecule has 4 heterocycles. The van der Waals surface area contributed by atoms with Crippen molar-refractivity contribution in [1.29, 1.82) is 0 Å². The van der Waals surface area contributed by atoms with E-state index in [4.69, 9.17) is 4.74 Å². The van der Waals surface area contributed by atoms with Crippen molar-refractivity contribution in [2.24, 2.45) is 0 Å². The van der Waals surface area contributed by atoms with Crippen LogP contribution in [0.2, 0.25) is 0 Å². The number of hydrogen-bond donors (Lipinski definition) is 1. The zero-order valence-electron chi connectivity index (χ0n) is 12.1. The van der Waals surface area contributed by atoms with Gasteiger partial charge in [-0.3, -0.25) is 0 Å². The van der Waals surface area contributed by atoms with E-state index in [1.165, 1.54) is 4.88 Å². The van der Waals surface area contributed by atoms with Crippen LogP contribution in [-0.2, 0) is 11.3 Å². The Kier molecular flexibility index (Phi) is 3.74. The third-order valence-electron chi connectivity index (χ3n) is 3.88. The van der Waals surface area contributed by atoms with E-state index in [9.17, 15) is 0 Å². The molecule has 1 N–H and O–H groups in total. The Morgan fingerprint density at radius 3 is 3.18 bits per heavy atom. The van der Waals surface area contributed by atoms with Crippen LogP contribution in [0, 0.1) is 0 Å². The van der Waals surface area contributed by atoms with Crippen LogP contribution in [-0.4, -0.2) is 39.2 Å². The molecule has 6 nitrogen and oxygen atoms in total. The van der Waals surface area contributed by atoms with Crippen molar-refractivity contribution >= 4 is 28.3 Å². The summed E-state index contributed by atoms with van der Waals surface area (Å²) in [5.41, 5.74) is 1.59. The van der Waals surface area contributed by atoms with Crippen molar-refractivity contribution in [3.63, 3.8) is 0 Å². The topological polar surface area (TPSA) is 66.9 Å². The Morgan fingerprint density at radius 2 is 2.36 bits per heavy atom. The van der Waals surface area contributed by atoms with Gasteiger partial charge in [0.1, 0.15) is 11.8 Å². The average Bonchev–Trinajstić information content (AvgIpc) is 3.28. The lowest BCUT2D eigenvalue weighted by Gasteiger charge is -2.26. The van der Waals surface area contributed by atoms with Gasteiger partial charge in [-0.05, 0) is 24.3 Å². The summed E-state index contributed by atoms with van der Waals surface area (Å²) in [5, 5.41) is 2.10. The minimum Gasteiger partial charge on any atom is -0.376 e. The highest BCUT2D eigenvalue weighted by atomic mass is 32.1. The summed E-state index contributed by atoms with van der Waals surface area (Å²) in [7, 11) is 0. The number of imidazole rings is 1. The van der Waals surface area contributed by atoms with E-state index < -0.39 is 0 Å². The fourth-order valence-electron chi connectivity index (χ4n) is 2.84. The first-order valence-corrected chi connectivity index (χ1v) is 8.31. The third-order valence-corrected chi connectivity index (χ3v) is 4.74. The van der Waals surface area contributed by atoms with Gasteiger partial charge in [-0.25, -0.2) is 15.0 Å². The molecule has 3 aromatic rings. The van der Waals surface area contributed by atoms with Crippen molar-refractivity contribution in [2.75, 3.05) is 18.1 Å². The molecule has 1 aliphatic heterocycles. The summed E-state index contributed by atoms with van der Waals surface area (Å²) < 4.78 is 5.81. The number of aromatic amines is 1. The summed E-state index contributed by atoms with van der Waals surface area (Å²) in [6, 6.07) is 4.23. The molecular formula is C15H17N5OS. The number of H-pyrrole nitrogens is 1. The number of fused-ring (bicyclic) bond motifs is 1. The number of aromatic nitrogens is 4. The minimum atomic E-state index is 0.271. The van der Waals surface area contributed by atoms with Crippen molar-refractivity contribution in [1.82, 2.24) is 19.9 Å². The fourth-order valence-corrected chi connectivity index (χ4v) is 3.56. The number of anilines is 1. The van der Waals surface area contributed by atoms with Gasteiger partial charge in [-0.1, -0.05) is 6.07 Å². The Labute approximate surface area is 132 Å². The first kappa shape index (κ1) is 13.7. The van der Waals surface area contributed by atoms with Crippen LogP contribution >= 0.6 is 11.3 Å². The Hall–Kier alpha value is -1.99. The minimum absolute atomic E-state index is 0.271. The second kappa shape index (κ2) is 6.02. The third kappa shape index (κ3) is 2.69. The molecule has 114 valence electrons. The van der Waals surface area contributed by atoms with Crippen LogP contribution in [0.15, 0.2) is 30.2 Å². The fraction of sp³-hybridized carbons (Fsp3) is 0.400. The lowest BCUT2D eigenvalue weighted by Crippen LogP contribution is -2.32. The van der Waals surface area contributed by atoms with E-state index in [0.717, 1.165) is 43.9 Å². The summed E-state index contributed by atoms with van der Waals surface area (Å²) in [5.74, 6) is 0.895. The standard InChI is InChI=1S/C15H17N5OS/c1-3-11(21-5-1)7-20(8-12-4-2-6-22-12)15-13-14(17-9-16-13)18-10-19-15/h2,4,6,9-11H,1,3,5,7-8H2,(H,16,17,18,19)/t11-/m1/s1. The Bertz CT molecular complexity index is 735. The first-order chi connectivity index (χ1) is 10.9. The first-order valence-electron chi connectivity index (χ1n) is 7.43. The SMILES string of the molecule is c1csc(CN(C[C@H]2CCCO2)c2ncnc3nc[nH]c23)c1. The molecule has 0 aromatic carbocycles. The summed E-state index contributed by atoms with van der Waals surface area (Å²) in [6.45, 7) is 2.52. The van der Waals surface area contributed by atoms with E-state index in [0.29, 0.717) is 5.65 Å². The zero-order chi connectivity index (χ0) is 14.8. The normalized spacial score (nSPS) is 18.1. The summed E-state index contributed by atoms with van der Waals surface area (Å²) in [4.78, 5) is 19.7. The van der Waals surface area contributed by atoms with Gasteiger partial charge in [0.05, 0.1) is 19.0 Å². The van der Waals surface area contributed by atoms with E-state index in [2.05, 4.69) is 42.3 Å². The van der Waals surface area contributed by atoms with Gasteiger partial charge in [-0.2, -0.15) is 0 Å². The van der Waals surface area contributed by atoms with Crippen LogP contribution in [0.4, 0.5) is 5.82 Å². The van der Waals surface area contributed by atoms with Crippen LogP contribution in [0.3, 0.4) is 0 Å². The quantitative estimate of drug-likeness (QED) is 0.784. The molecule has 1 aliphatic rings. The van der Waals surface area contributed by atoms with Crippen LogP contribution in [0.1, 0.15) is 17.7 Å². The second-order valence-electron chi connectivity index (χ2n) is 5.39. The number of hydrogen-bond acceptors (Lipinski definition) is 6. The number of rotatable bonds is 5. The molecule has 1 fully saturated rings. The second-order valence-corrected chi connectivity index (χ2v) is 6.43. The maximum absolute atomic E-state index is 5.81. The van der Waals surface area contributed by atoms with E-state index in [1.807, 2.05) is 0 Å². The molecule has 0 bridgehead atoms. The lowest BCUT2D eigenvalue weighted by atomic mass is 10.2. The largest absolute Gasteiger partial charge is 0.376 e. The monoisotopic (exact) mass is 315 g/mol. The number of nitrogens with one attached hydrogen (secondary N) is 1. The summed E-state index contributed by atoms with van der Waals surface area (Å²) in [6.07, 6.45) is 5.76. The number of thiophene rings is 1. The molecular weight excluding hydrogens is 298 g/mol. The molecule has 4 rings (SSSR count). The van der Waals surface area contributed by atoms with Gasteiger partial charge < -0.3 is 14.6 Å². The van der Waals surface area contributed by atoms with E-state index in [1.54, 1.807) is 24.0 Å². The Balaban J connectivity index is 1.67. The van der Waals surface area contributed by atoms with Crippen LogP contribution in [0.5, 0.6) is 0 Å². The molecule has 22 heavy (non-hydrogen) atoms. The molecule has 0 saturated carbocycles. The average molecular weight is 315 g/mol. The highest BCUT2D eigenvalue weighted by molar-refractivity contribution is 7.09. The lowest BCUT2D eigenvalue weighted by molar-refractivity contribution is 0.115. The predicted molar refractivity (Wildman–Crippen MR) is 86.0 cm³/mol. The maximum atomic E-state index is 5.81. The highest BCUT2D eigenvalue weighted by Gasteiger charge is 2.22. The van der Waals surface area contributed by atoms with Gasteiger partial charge in [0.15, 0.2) is 11.5 Å². The maximum Gasteiger partial charge on any atom is 0.182 e. The Morgan fingerprint density at radius 1 is 1.36 bits per heavy atom. The molecule has 1 atom stereocenters. The van der Waals surface area contributed by atoms with Crippen molar-refractivity contribution in [2.45, 2.75) is 25.5 Å². The molecule has 0 unspecified atom stereocenters.